The van der Waals surface area contributed by atoms with E-state index in [1.165, 1.54) is 24.1 Å². The molecule has 3 aromatic rings. The molecule has 0 unspecified atom stereocenters. The molecule has 3 rings (SSSR count). The Morgan fingerprint density at radius 2 is 2.15 bits per heavy atom. The van der Waals surface area contributed by atoms with Gasteiger partial charge in [0.2, 0.25) is 0 Å². The van der Waals surface area contributed by atoms with Crippen LogP contribution in [-0.2, 0) is 6.42 Å². The van der Waals surface area contributed by atoms with E-state index in [2.05, 4.69) is 26.0 Å². The Labute approximate surface area is 162 Å². The molecule has 0 saturated heterocycles. The Bertz CT molecular complexity index is 1080. The van der Waals surface area contributed by atoms with Gasteiger partial charge in [-0.25, -0.2) is 4.98 Å². The van der Waals surface area contributed by atoms with Crippen molar-refractivity contribution in [2.75, 3.05) is 7.11 Å². The van der Waals surface area contributed by atoms with Crippen LogP contribution in [0.5, 0.6) is 11.5 Å². The number of hydrogen-bond donors (Lipinski definition) is 1. The van der Waals surface area contributed by atoms with Gasteiger partial charge in [0.1, 0.15) is 5.82 Å². The fraction of sp³-hybridized carbons (Fsp3) is 0.167. The van der Waals surface area contributed by atoms with Gasteiger partial charge in [0.05, 0.1) is 29.2 Å². The lowest BCUT2D eigenvalue weighted by Gasteiger charge is -2.08. The second-order valence-electron chi connectivity index (χ2n) is 5.46. The minimum absolute atomic E-state index is 0.134. The number of phenols is 1. The summed E-state index contributed by atoms with van der Waals surface area (Å²) >= 11 is 9.35. The van der Waals surface area contributed by atoms with E-state index >= 15 is 0 Å². The number of nitrogens with zero attached hydrogens (tertiary/aromatic N) is 3. The second-order valence-corrected chi connectivity index (χ2v) is 6.78. The second kappa shape index (κ2) is 7.47. The first-order valence-corrected chi connectivity index (χ1v) is 8.93. The highest BCUT2D eigenvalue weighted by Crippen LogP contribution is 2.34. The summed E-state index contributed by atoms with van der Waals surface area (Å²) < 4.78 is 7.13. The number of benzene rings is 2. The van der Waals surface area contributed by atoms with Gasteiger partial charge in [-0.15, -0.1) is 0 Å². The summed E-state index contributed by atoms with van der Waals surface area (Å²) in [6.45, 7) is 1.90. The number of rotatable bonds is 4. The zero-order valence-electron chi connectivity index (χ0n) is 14.0. The highest BCUT2D eigenvalue weighted by Gasteiger charge is 2.11. The normalized spacial score (nSPS) is 11.4. The largest absolute Gasteiger partial charge is 0.503 e. The predicted molar refractivity (Wildman–Crippen MR) is 106 cm³/mol. The minimum Gasteiger partial charge on any atom is -0.503 e. The van der Waals surface area contributed by atoms with Gasteiger partial charge in [-0.1, -0.05) is 34.5 Å². The van der Waals surface area contributed by atoms with Crippen molar-refractivity contribution in [1.82, 2.24) is 9.66 Å². The molecule has 0 atom stereocenters. The van der Waals surface area contributed by atoms with Crippen molar-refractivity contribution in [3.05, 3.63) is 61.6 Å². The first kappa shape index (κ1) is 18.4. The number of phenolic OH excluding ortho intramolecular Hbond substituents is 1. The Morgan fingerprint density at radius 1 is 1.38 bits per heavy atom. The Kier molecular flexibility index (Phi) is 5.29. The lowest BCUT2D eigenvalue weighted by molar-refractivity contribution is 0.373. The monoisotopic (exact) mass is 435 g/mol. The molecule has 1 aromatic heterocycles. The molecule has 1 N–H and O–H groups in total. The quantitative estimate of drug-likeness (QED) is 0.628. The third kappa shape index (κ3) is 3.45. The lowest BCUT2D eigenvalue weighted by Crippen LogP contribution is -2.22. The van der Waals surface area contributed by atoms with Crippen LogP contribution in [0.25, 0.3) is 10.9 Å². The molecule has 0 saturated carbocycles. The predicted octanol–water partition coefficient (Wildman–Crippen LogP) is 3.97. The summed E-state index contributed by atoms with van der Waals surface area (Å²) in [5.41, 5.74) is 0.935. The molecule has 0 aliphatic heterocycles. The molecule has 1 heterocycles. The highest BCUT2D eigenvalue weighted by atomic mass is 79.9. The van der Waals surface area contributed by atoms with Gasteiger partial charge in [0.15, 0.2) is 11.5 Å². The van der Waals surface area contributed by atoms with Gasteiger partial charge in [-0.3, -0.25) is 4.79 Å². The van der Waals surface area contributed by atoms with Gasteiger partial charge < -0.3 is 9.84 Å². The molecule has 26 heavy (non-hydrogen) atoms. The molecule has 8 heteroatoms. The summed E-state index contributed by atoms with van der Waals surface area (Å²) in [5, 5.41) is 14.7. The zero-order valence-corrected chi connectivity index (χ0v) is 16.4. The van der Waals surface area contributed by atoms with Crippen LogP contribution in [0.1, 0.15) is 18.3 Å². The number of halogens is 2. The van der Waals surface area contributed by atoms with E-state index in [9.17, 15) is 9.90 Å². The molecule has 0 aliphatic carbocycles. The standard InChI is InChI=1S/C18H15BrClN3O3/c1-3-16-22-14-5-4-11(19)8-12(14)18(25)23(16)21-9-10-6-13(20)17(24)15(7-10)26-2/h4-9,24H,3H2,1-2H3. The molecule has 0 spiro atoms. The van der Waals surface area contributed by atoms with Gasteiger partial charge in [0.25, 0.3) is 5.56 Å². The average molecular weight is 437 g/mol. The van der Waals surface area contributed by atoms with Gasteiger partial charge in [-0.05, 0) is 35.9 Å². The fourth-order valence-electron chi connectivity index (χ4n) is 2.49. The first-order valence-electron chi connectivity index (χ1n) is 7.76. The number of fused-ring (bicyclic) bond motifs is 1. The van der Waals surface area contributed by atoms with E-state index in [1.54, 1.807) is 18.2 Å². The van der Waals surface area contributed by atoms with Crippen LogP contribution >= 0.6 is 27.5 Å². The third-order valence-corrected chi connectivity index (χ3v) is 4.57. The highest BCUT2D eigenvalue weighted by molar-refractivity contribution is 9.10. The van der Waals surface area contributed by atoms with E-state index in [-0.39, 0.29) is 22.1 Å². The van der Waals surface area contributed by atoms with Gasteiger partial charge in [-0.2, -0.15) is 9.78 Å². The van der Waals surface area contributed by atoms with Crippen LogP contribution in [0, 0.1) is 0 Å². The van der Waals surface area contributed by atoms with Crippen molar-refractivity contribution in [3.63, 3.8) is 0 Å². The van der Waals surface area contributed by atoms with Crippen molar-refractivity contribution in [2.24, 2.45) is 5.10 Å². The fourth-order valence-corrected chi connectivity index (χ4v) is 3.07. The number of aromatic nitrogens is 2. The number of methoxy groups -OCH3 is 1. The maximum absolute atomic E-state index is 12.8. The number of hydrogen-bond acceptors (Lipinski definition) is 5. The van der Waals surface area contributed by atoms with Crippen LogP contribution in [0.4, 0.5) is 0 Å². The van der Waals surface area contributed by atoms with Crippen molar-refractivity contribution >= 4 is 44.6 Å². The smallest absolute Gasteiger partial charge is 0.282 e. The van der Waals surface area contributed by atoms with Crippen molar-refractivity contribution in [2.45, 2.75) is 13.3 Å². The van der Waals surface area contributed by atoms with Crippen molar-refractivity contribution in [1.29, 1.82) is 0 Å². The molecular weight excluding hydrogens is 422 g/mol. The summed E-state index contributed by atoms with van der Waals surface area (Å²) in [6, 6.07) is 8.46. The SMILES string of the molecule is CCc1nc2ccc(Br)cc2c(=O)n1N=Cc1cc(Cl)c(O)c(OC)c1. The molecule has 0 aliphatic rings. The molecule has 0 amide bonds. The molecule has 0 bridgehead atoms. The number of aromatic hydroxyl groups is 1. The minimum atomic E-state index is -0.263. The molecular formula is C18H15BrClN3O3. The summed E-state index contributed by atoms with van der Waals surface area (Å²) in [6.07, 6.45) is 2.01. The van der Waals surface area contributed by atoms with E-state index < -0.39 is 0 Å². The molecule has 0 radical (unpaired) electrons. The van der Waals surface area contributed by atoms with Crippen LogP contribution in [0.2, 0.25) is 5.02 Å². The Hall–Kier alpha value is -2.38. The van der Waals surface area contributed by atoms with E-state index in [0.717, 1.165) is 4.47 Å². The van der Waals surface area contributed by atoms with Crippen molar-refractivity contribution in [3.8, 4) is 11.5 Å². The molecule has 6 nitrogen and oxygen atoms in total. The summed E-state index contributed by atoms with van der Waals surface area (Å²) in [5.74, 6) is 0.621. The van der Waals surface area contributed by atoms with Crippen LogP contribution < -0.4 is 10.3 Å². The summed E-state index contributed by atoms with van der Waals surface area (Å²) in [4.78, 5) is 17.3. The summed E-state index contributed by atoms with van der Waals surface area (Å²) in [7, 11) is 1.43. The Morgan fingerprint density at radius 3 is 2.85 bits per heavy atom. The van der Waals surface area contributed by atoms with Gasteiger partial charge >= 0.3 is 0 Å². The zero-order chi connectivity index (χ0) is 18.8. The maximum Gasteiger partial charge on any atom is 0.282 e. The molecule has 134 valence electrons. The Balaban J connectivity index is 2.14. The number of ether oxygens (including phenoxy) is 1. The lowest BCUT2D eigenvalue weighted by atomic mass is 10.2. The van der Waals surface area contributed by atoms with Crippen LogP contribution in [0.15, 0.2) is 44.7 Å². The van der Waals surface area contributed by atoms with E-state index in [0.29, 0.717) is 28.7 Å². The molecule has 0 fully saturated rings. The van der Waals surface area contributed by atoms with E-state index in [1.807, 2.05) is 13.0 Å². The maximum atomic E-state index is 12.8. The van der Waals surface area contributed by atoms with Crippen molar-refractivity contribution < 1.29 is 9.84 Å². The number of aryl methyl sites for hydroxylation is 1. The molecule has 2 aromatic carbocycles. The first-order chi connectivity index (χ1) is 12.4. The van der Waals surface area contributed by atoms with E-state index in [4.69, 9.17) is 16.3 Å². The van der Waals surface area contributed by atoms with Gasteiger partial charge in [0, 0.05) is 10.9 Å². The third-order valence-electron chi connectivity index (χ3n) is 3.78. The average Bonchev–Trinajstić information content (AvgIpc) is 2.63. The van der Waals surface area contributed by atoms with Crippen LogP contribution in [0.3, 0.4) is 0 Å². The topological polar surface area (TPSA) is 76.7 Å². The van der Waals surface area contributed by atoms with Crippen LogP contribution in [-0.4, -0.2) is 28.1 Å².